The molecule has 200 valence electrons. The van der Waals surface area contributed by atoms with Gasteiger partial charge in [-0.2, -0.15) is 26.3 Å². The molecule has 2 N–H and O–H groups in total. The number of halogens is 6. The lowest BCUT2D eigenvalue weighted by atomic mass is 9.82. The van der Waals surface area contributed by atoms with Crippen LogP contribution in [0.2, 0.25) is 0 Å². The molecule has 2 aromatic rings. The Kier molecular flexibility index (Phi) is 10.0. The summed E-state index contributed by atoms with van der Waals surface area (Å²) in [6.07, 6.45) is -2.53. The summed E-state index contributed by atoms with van der Waals surface area (Å²) in [4.78, 5) is 29.1. The zero-order valence-electron chi connectivity index (χ0n) is 18.6. The fourth-order valence-corrected chi connectivity index (χ4v) is 4.71. The number of alkyl halides is 6. The molecule has 2 aliphatic rings. The summed E-state index contributed by atoms with van der Waals surface area (Å²) < 4.78 is 69.5. The van der Waals surface area contributed by atoms with Crippen LogP contribution in [0.5, 0.6) is 5.88 Å². The van der Waals surface area contributed by atoms with Gasteiger partial charge in [-0.05, 0) is 24.8 Å². The summed E-state index contributed by atoms with van der Waals surface area (Å²) in [6.45, 7) is 4.10. The largest absolute Gasteiger partial charge is 0.490 e. The van der Waals surface area contributed by atoms with Crippen molar-refractivity contribution in [1.82, 2.24) is 14.9 Å². The number of hydrogen-bond acceptors (Lipinski definition) is 7. The number of carboxylic acid groups (broad SMARTS) is 2. The van der Waals surface area contributed by atoms with Crippen molar-refractivity contribution in [3.8, 4) is 5.88 Å². The number of rotatable bonds is 5. The topological polar surface area (TPSA) is 113 Å². The summed E-state index contributed by atoms with van der Waals surface area (Å²) in [5, 5.41) is 17.5. The Morgan fingerprint density at radius 3 is 2.22 bits per heavy atom. The highest BCUT2D eigenvalue weighted by atomic mass is 32.1. The number of nitrogens with zero attached hydrogens (tertiary/aromatic N) is 3. The number of fused-ring (bicyclic) bond motifs is 1. The first-order valence-electron chi connectivity index (χ1n) is 10.5. The Hall–Kier alpha value is -2.94. The molecule has 1 aliphatic carbocycles. The van der Waals surface area contributed by atoms with Crippen LogP contribution >= 0.6 is 11.3 Å². The normalized spacial score (nSPS) is 21.4. The summed E-state index contributed by atoms with van der Waals surface area (Å²) >= 11 is 1.75. The number of aromatic nitrogens is 2. The van der Waals surface area contributed by atoms with Gasteiger partial charge in [0.1, 0.15) is 5.01 Å². The zero-order valence-corrected chi connectivity index (χ0v) is 19.4. The van der Waals surface area contributed by atoms with Gasteiger partial charge in [0.15, 0.2) is 0 Å². The van der Waals surface area contributed by atoms with Crippen LogP contribution in [0.4, 0.5) is 26.3 Å². The molecule has 0 radical (unpaired) electrons. The van der Waals surface area contributed by atoms with Crippen LogP contribution in [0.15, 0.2) is 36.0 Å². The molecule has 8 nitrogen and oxygen atoms in total. The van der Waals surface area contributed by atoms with E-state index < -0.39 is 24.3 Å². The third-order valence-corrected chi connectivity index (χ3v) is 6.35. The molecule has 1 saturated heterocycles. The Bertz CT molecular complexity index is 951. The summed E-state index contributed by atoms with van der Waals surface area (Å²) in [5.74, 6) is -4.00. The molecule has 3 heterocycles. The maximum absolute atomic E-state index is 10.6. The maximum Gasteiger partial charge on any atom is 0.490 e. The summed E-state index contributed by atoms with van der Waals surface area (Å²) in [5.41, 5.74) is 0.314. The first kappa shape index (κ1) is 29.3. The van der Waals surface area contributed by atoms with Crippen LogP contribution in [0, 0.1) is 11.3 Å². The van der Waals surface area contributed by atoms with Crippen LogP contribution in [-0.4, -0.2) is 69.1 Å². The molecule has 2 fully saturated rings. The number of thiazole rings is 1. The second-order valence-corrected chi connectivity index (χ2v) is 9.09. The molecule has 4 rings (SSSR count). The van der Waals surface area contributed by atoms with E-state index in [0.29, 0.717) is 5.41 Å². The van der Waals surface area contributed by atoms with Crippen LogP contribution in [0.1, 0.15) is 24.3 Å². The quantitative estimate of drug-likeness (QED) is 0.531. The van der Waals surface area contributed by atoms with Gasteiger partial charge < -0.3 is 14.9 Å². The van der Waals surface area contributed by atoms with E-state index in [-0.39, 0.29) is 0 Å². The van der Waals surface area contributed by atoms with E-state index in [2.05, 4.69) is 20.2 Å². The number of ether oxygens (including phenoxy) is 1. The van der Waals surface area contributed by atoms with Crippen molar-refractivity contribution in [3.05, 3.63) is 41.0 Å². The van der Waals surface area contributed by atoms with Gasteiger partial charge in [0.2, 0.25) is 5.88 Å². The second-order valence-electron chi connectivity index (χ2n) is 8.11. The number of aliphatic carboxylic acids is 2. The van der Waals surface area contributed by atoms with Gasteiger partial charge in [0.05, 0.1) is 13.2 Å². The van der Waals surface area contributed by atoms with Gasteiger partial charge >= 0.3 is 24.3 Å². The maximum atomic E-state index is 10.6. The Morgan fingerprint density at radius 1 is 1.08 bits per heavy atom. The SMILES string of the molecule is O=C(O)C(F)(F)F.O=C(O)C(F)(F)F.c1ccc(OC[C@@]23CCC[C@@H]2CN(Cc2nccs2)C3)nc1. The van der Waals surface area contributed by atoms with E-state index in [0.717, 1.165) is 31.5 Å². The van der Waals surface area contributed by atoms with Gasteiger partial charge in [-0.1, -0.05) is 12.5 Å². The molecule has 2 atom stereocenters. The van der Waals surface area contributed by atoms with Crippen molar-refractivity contribution in [1.29, 1.82) is 0 Å². The fraction of sp³-hybridized carbons (Fsp3) is 0.524. The molecule has 1 saturated carbocycles. The number of carbonyl (C=O) groups is 2. The molecule has 0 aromatic carbocycles. The van der Waals surface area contributed by atoms with E-state index in [1.165, 1.54) is 30.8 Å². The van der Waals surface area contributed by atoms with E-state index in [9.17, 15) is 26.3 Å². The Morgan fingerprint density at radius 2 is 1.72 bits per heavy atom. The number of hydrogen-bond donors (Lipinski definition) is 2. The van der Waals surface area contributed by atoms with Crippen molar-refractivity contribution >= 4 is 23.3 Å². The summed E-state index contributed by atoms with van der Waals surface area (Å²) in [6, 6.07) is 5.85. The van der Waals surface area contributed by atoms with Gasteiger partial charge in [-0.15, -0.1) is 11.3 Å². The minimum Gasteiger partial charge on any atom is -0.477 e. The van der Waals surface area contributed by atoms with Crippen LogP contribution < -0.4 is 4.74 Å². The minimum atomic E-state index is -5.08. The highest BCUT2D eigenvalue weighted by molar-refractivity contribution is 7.09. The fourth-order valence-electron chi connectivity index (χ4n) is 4.05. The average molecular weight is 543 g/mol. The Labute approximate surface area is 205 Å². The predicted molar refractivity (Wildman–Crippen MR) is 114 cm³/mol. The molecule has 15 heteroatoms. The van der Waals surface area contributed by atoms with Gasteiger partial charge in [0, 0.05) is 42.3 Å². The van der Waals surface area contributed by atoms with E-state index in [1.807, 2.05) is 24.4 Å². The molecule has 2 aromatic heterocycles. The van der Waals surface area contributed by atoms with Crippen molar-refractivity contribution in [2.75, 3.05) is 19.7 Å². The standard InChI is InChI=1S/C17H21N3OS.2C2HF3O2/c1-2-7-18-15(5-1)21-13-17-6-3-4-14(17)10-20(12-17)11-16-19-8-9-22-16;2*3-2(4,5)1(6)7/h1-2,5,7-9,14H,3-4,6,10-13H2;2*(H,6,7)/t14-,17+;;/m1../s1. The van der Waals surface area contributed by atoms with Crippen molar-refractivity contribution in [2.24, 2.45) is 11.3 Å². The highest BCUT2D eigenvalue weighted by Gasteiger charge is 2.50. The average Bonchev–Trinajstić information content (AvgIpc) is 3.49. The highest BCUT2D eigenvalue weighted by Crippen LogP contribution is 2.49. The van der Waals surface area contributed by atoms with E-state index in [1.54, 1.807) is 17.5 Å². The van der Waals surface area contributed by atoms with Crippen molar-refractivity contribution < 1.29 is 50.9 Å². The third kappa shape index (κ3) is 8.93. The van der Waals surface area contributed by atoms with Crippen molar-refractivity contribution in [2.45, 2.75) is 38.2 Å². The van der Waals surface area contributed by atoms with Gasteiger partial charge in [-0.25, -0.2) is 19.6 Å². The molecular formula is C21H23F6N3O5S. The predicted octanol–water partition coefficient (Wildman–Crippen LogP) is 4.49. The molecule has 0 bridgehead atoms. The smallest absolute Gasteiger partial charge is 0.477 e. The number of carboxylic acids is 2. The van der Waals surface area contributed by atoms with Crippen LogP contribution in [0.3, 0.4) is 0 Å². The van der Waals surface area contributed by atoms with Crippen molar-refractivity contribution in [3.63, 3.8) is 0 Å². The zero-order chi connectivity index (χ0) is 27.0. The Balaban J connectivity index is 0.000000271. The lowest BCUT2D eigenvalue weighted by Crippen LogP contribution is -2.33. The number of pyridine rings is 1. The molecule has 0 unspecified atom stereocenters. The molecular weight excluding hydrogens is 520 g/mol. The lowest BCUT2D eigenvalue weighted by molar-refractivity contribution is -0.193. The molecule has 36 heavy (non-hydrogen) atoms. The third-order valence-electron chi connectivity index (χ3n) is 5.58. The minimum absolute atomic E-state index is 0.314. The van der Waals surface area contributed by atoms with E-state index in [4.69, 9.17) is 24.5 Å². The van der Waals surface area contributed by atoms with Crippen LogP contribution in [0.25, 0.3) is 0 Å². The van der Waals surface area contributed by atoms with E-state index >= 15 is 0 Å². The first-order valence-corrected chi connectivity index (χ1v) is 11.4. The second kappa shape index (κ2) is 12.3. The molecule has 1 aliphatic heterocycles. The summed E-state index contributed by atoms with van der Waals surface area (Å²) in [7, 11) is 0. The van der Waals surface area contributed by atoms with Gasteiger partial charge in [0.25, 0.3) is 0 Å². The molecule has 0 spiro atoms. The molecule has 0 amide bonds. The van der Waals surface area contributed by atoms with Gasteiger partial charge in [-0.3, -0.25) is 4.90 Å². The first-order chi connectivity index (χ1) is 16.7. The monoisotopic (exact) mass is 543 g/mol. The lowest BCUT2D eigenvalue weighted by Gasteiger charge is -2.28. The number of likely N-dealkylation sites (tertiary alicyclic amines) is 1. The van der Waals surface area contributed by atoms with Crippen LogP contribution in [-0.2, 0) is 16.1 Å².